The van der Waals surface area contributed by atoms with Gasteiger partial charge in [-0.25, -0.2) is 4.98 Å². The molecule has 5 heteroatoms. The summed E-state index contributed by atoms with van der Waals surface area (Å²) >= 11 is 0. The smallest absolute Gasteiger partial charge is 0.397 e. The first-order valence-corrected chi connectivity index (χ1v) is 5.23. The van der Waals surface area contributed by atoms with E-state index in [9.17, 15) is 0 Å². The topological polar surface area (TPSA) is 19.4 Å². The van der Waals surface area contributed by atoms with Crippen LogP contribution in [0.3, 0.4) is 0 Å². The van der Waals surface area contributed by atoms with Crippen molar-refractivity contribution in [2.45, 2.75) is 0 Å². The minimum absolute atomic E-state index is 0. The van der Waals surface area contributed by atoms with Gasteiger partial charge in [-0.05, 0) is 31.3 Å². The van der Waals surface area contributed by atoms with E-state index in [1.165, 1.54) is 11.4 Å². The molecule has 0 atom stereocenters. The predicted octanol–water partition coefficient (Wildman–Crippen LogP) is 2.20. The zero-order valence-electron chi connectivity index (χ0n) is 9.37. The Morgan fingerprint density at radius 3 is 2.41 bits per heavy atom. The van der Waals surface area contributed by atoms with Gasteiger partial charge in [0.05, 0.1) is 5.69 Å². The number of fused-ring (bicyclic) bond motifs is 1. The Hall–Kier alpha value is -1.32. The third-order valence-corrected chi connectivity index (χ3v) is 2.71. The van der Waals surface area contributed by atoms with Crippen LogP contribution in [-0.2, 0) is 20.1 Å². The molecule has 0 unspecified atom stereocenters. The molecule has 1 aliphatic heterocycles. The molecular weight excluding hydrogens is 389 g/mol. The van der Waals surface area contributed by atoms with Crippen molar-refractivity contribution in [2.75, 3.05) is 16.7 Å². The molecule has 1 aromatic carbocycles. The number of anilines is 3. The van der Waals surface area contributed by atoms with E-state index in [-0.39, 0.29) is 20.1 Å². The molecule has 2 aromatic rings. The molecule has 1 aromatic heterocycles. The number of nitrogens with zero attached hydrogens (tertiary/aromatic N) is 3. The second-order valence-corrected chi connectivity index (χ2v) is 3.77. The van der Waals surface area contributed by atoms with Crippen LogP contribution in [0.15, 0.2) is 48.7 Å². The van der Waals surface area contributed by atoms with Crippen LogP contribution >= 0.6 is 0 Å². The van der Waals surface area contributed by atoms with E-state index < -0.39 is 0 Å². The number of benzene rings is 1. The first-order chi connectivity index (χ1) is 7.86. The van der Waals surface area contributed by atoms with Crippen molar-refractivity contribution in [1.82, 2.24) is 4.98 Å². The Kier molecular flexibility index (Phi) is 3.50. The van der Waals surface area contributed by atoms with Crippen LogP contribution in [0.1, 0.15) is 0 Å². The van der Waals surface area contributed by atoms with Gasteiger partial charge in [0.2, 0.25) is 0 Å². The average Bonchev–Trinajstić information content (AvgIpc) is 2.69. The van der Waals surface area contributed by atoms with Gasteiger partial charge in [0.15, 0.2) is 0 Å². The molecule has 0 fully saturated rings. The number of hydrogen-bond acceptors (Lipinski definition) is 3. The molecule has 1 aliphatic rings. The molecular formula is C12H11BIrN3. The first-order valence-electron chi connectivity index (χ1n) is 5.23. The van der Waals surface area contributed by atoms with Gasteiger partial charge in [-0.3, -0.25) is 0 Å². The maximum absolute atomic E-state index is 4.36. The quantitative estimate of drug-likeness (QED) is 0.685. The molecule has 17 heavy (non-hydrogen) atoms. The van der Waals surface area contributed by atoms with Crippen LogP contribution in [0.5, 0.6) is 0 Å². The minimum atomic E-state index is 0. The van der Waals surface area contributed by atoms with Gasteiger partial charge in [-0.2, -0.15) is 0 Å². The average molecular weight is 400 g/mol. The Labute approximate surface area is 115 Å². The van der Waals surface area contributed by atoms with Crippen LogP contribution in [0.2, 0.25) is 0 Å². The Morgan fingerprint density at radius 2 is 1.71 bits per heavy atom. The zero-order chi connectivity index (χ0) is 11.0. The summed E-state index contributed by atoms with van der Waals surface area (Å²) in [7, 11) is 4.09. The Bertz CT molecular complexity index is 506. The van der Waals surface area contributed by atoms with Crippen molar-refractivity contribution < 1.29 is 20.1 Å². The molecule has 3 rings (SSSR count). The van der Waals surface area contributed by atoms with Crippen LogP contribution in [0.25, 0.3) is 0 Å². The normalized spacial score (nSPS) is 12.8. The second-order valence-electron chi connectivity index (χ2n) is 3.77. The number of aromatic nitrogens is 1. The van der Waals surface area contributed by atoms with Crippen molar-refractivity contribution in [3.63, 3.8) is 0 Å². The van der Waals surface area contributed by atoms with Gasteiger partial charge in [0.25, 0.3) is 0 Å². The van der Waals surface area contributed by atoms with E-state index in [4.69, 9.17) is 0 Å². The monoisotopic (exact) mass is 401 g/mol. The summed E-state index contributed by atoms with van der Waals surface area (Å²) in [6, 6.07) is 14.2. The van der Waals surface area contributed by atoms with E-state index in [1.54, 1.807) is 0 Å². The van der Waals surface area contributed by atoms with Gasteiger partial charge < -0.3 is 9.62 Å². The largest absolute Gasteiger partial charge is 0.400 e. The van der Waals surface area contributed by atoms with Crippen molar-refractivity contribution in [3.8, 4) is 0 Å². The molecule has 0 amide bonds. The molecule has 86 valence electrons. The third-order valence-electron chi connectivity index (χ3n) is 2.71. The van der Waals surface area contributed by atoms with Crippen LogP contribution < -0.4 is 9.62 Å². The standard InChI is InChI=1S/C12H11BN3.Ir/c1-15-10-6-2-3-7-11(10)16(13-15)12-8-4-5-9-14-12;/h2-9H,1H3;. The fraction of sp³-hybridized carbons (Fsp3) is 0.0833. The summed E-state index contributed by atoms with van der Waals surface area (Å²) in [5.74, 6) is 0.944. The number of para-hydroxylation sites is 2. The third kappa shape index (κ3) is 2.08. The molecule has 0 N–H and O–H groups in total. The van der Waals surface area contributed by atoms with Crippen LogP contribution in [-0.4, -0.2) is 19.6 Å². The summed E-state index contributed by atoms with van der Waals surface area (Å²) in [6.07, 6.45) is 1.81. The SMILES string of the molecule is CN1[B]N(c2ccccn2)c2ccccc21.[Ir]. The molecule has 0 spiro atoms. The van der Waals surface area contributed by atoms with E-state index >= 15 is 0 Å². The van der Waals surface area contributed by atoms with E-state index in [0.717, 1.165) is 5.82 Å². The van der Waals surface area contributed by atoms with E-state index in [2.05, 4.69) is 26.7 Å². The molecule has 0 saturated carbocycles. The summed E-state index contributed by atoms with van der Waals surface area (Å²) in [5.41, 5.74) is 2.37. The van der Waals surface area contributed by atoms with Crippen LogP contribution in [0, 0.1) is 0 Å². The van der Waals surface area contributed by atoms with E-state index in [0.29, 0.717) is 0 Å². The van der Waals surface area contributed by atoms with Gasteiger partial charge in [-0.15, -0.1) is 0 Å². The Morgan fingerprint density at radius 1 is 1.00 bits per heavy atom. The van der Waals surface area contributed by atoms with Crippen molar-refractivity contribution in [2.24, 2.45) is 0 Å². The fourth-order valence-electron chi connectivity index (χ4n) is 1.94. The van der Waals surface area contributed by atoms with E-state index in [1.807, 2.05) is 51.1 Å². The van der Waals surface area contributed by atoms with Gasteiger partial charge in [0.1, 0.15) is 5.82 Å². The number of rotatable bonds is 1. The molecule has 0 aliphatic carbocycles. The summed E-state index contributed by atoms with van der Waals surface area (Å²) in [4.78, 5) is 8.56. The molecule has 2 heterocycles. The fourth-order valence-corrected chi connectivity index (χ4v) is 1.94. The van der Waals surface area contributed by atoms with Crippen molar-refractivity contribution >= 4 is 24.7 Å². The molecule has 0 bridgehead atoms. The summed E-state index contributed by atoms with van der Waals surface area (Å²) < 4.78 is 0. The first kappa shape index (κ1) is 12.1. The number of pyridine rings is 1. The van der Waals surface area contributed by atoms with Crippen LogP contribution in [0.4, 0.5) is 17.2 Å². The van der Waals surface area contributed by atoms with Crippen molar-refractivity contribution in [3.05, 3.63) is 48.7 Å². The number of hydrogen-bond donors (Lipinski definition) is 0. The maximum Gasteiger partial charge on any atom is 0.397 e. The predicted molar refractivity (Wildman–Crippen MR) is 67.0 cm³/mol. The van der Waals surface area contributed by atoms with Gasteiger partial charge >= 0.3 is 7.55 Å². The Balaban J connectivity index is 0.00000108. The van der Waals surface area contributed by atoms with Crippen molar-refractivity contribution in [1.29, 1.82) is 0 Å². The molecule has 3 nitrogen and oxygen atoms in total. The molecule has 0 saturated heterocycles. The maximum atomic E-state index is 4.36. The van der Waals surface area contributed by atoms with Gasteiger partial charge in [-0.1, -0.05) is 18.2 Å². The zero-order valence-corrected chi connectivity index (χ0v) is 11.8. The van der Waals surface area contributed by atoms with Gasteiger partial charge in [0, 0.05) is 32.0 Å². The minimum Gasteiger partial charge on any atom is -0.400 e. The summed E-state index contributed by atoms with van der Waals surface area (Å²) in [5, 5.41) is 0. The summed E-state index contributed by atoms with van der Waals surface area (Å²) in [6.45, 7) is 0. The molecule has 2 radical (unpaired) electrons. The second kappa shape index (κ2) is 4.90.